The molecule has 0 spiro atoms. The van der Waals surface area contributed by atoms with Gasteiger partial charge in [0.05, 0.1) is 0 Å². The van der Waals surface area contributed by atoms with E-state index < -0.39 is 0 Å². The van der Waals surface area contributed by atoms with Gasteiger partial charge in [-0.25, -0.2) is 0 Å². The largest absolute Gasteiger partial charge is 0.337 e. The Morgan fingerprint density at radius 2 is 1.75 bits per heavy atom. The summed E-state index contributed by atoms with van der Waals surface area (Å²) in [6, 6.07) is 0. The SMILES string of the molecule is CC/C=C/C(=O)N1CCN(C(C)(C)C)CC1. The van der Waals surface area contributed by atoms with Crippen molar-refractivity contribution in [1.29, 1.82) is 0 Å². The summed E-state index contributed by atoms with van der Waals surface area (Å²) in [5.74, 6) is 0.162. The molecule has 3 nitrogen and oxygen atoms in total. The number of hydrogen-bond donors (Lipinski definition) is 0. The molecule has 0 aromatic rings. The van der Waals surface area contributed by atoms with Crippen molar-refractivity contribution in [2.45, 2.75) is 39.7 Å². The molecule has 0 bridgehead atoms. The molecule has 0 aliphatic carbocycles. The van der Waals surface area contributed by atoms with E-state index in [1.165, 1.54) is 0 Å². The van der Waals surface area contributed by atoms with E-state index >= 15 is 0 Å². The van der Waals surface area contributed by atoms with Crippen molar-refractivity contribution in [3.05, 3.63) is 12.2 Å². The third-order valence-corrected chi connectivity index (χ3v) is 3.04. The molecule has 0 saturated carbocycles. The van der Waals surface area contributed by atoms with Gasteiger partial charge in [-0.15, -0.1) is 0 Å². The summed E-state index contributed by atoms with van der Waals surface area (Å²) in [7, 11) is 0. The van der Waals surface area contributed by atoms with Crippen LogP contribution in [0.5, 0.6) is 0 Å². The quantitative estimate of drug-likeness (QED) is 0.669. The maximum atomic E-state index is 11.7. The maximum absolute atomic E-state index is 11.7. The summed E-state index contributed by atoms with van der Waals surface area (Å²) < 4.78 is 0. The fourth-order valence-electron chi connectivity index (χ4n) is 1.92. The van der Waals surface area contributed by atoms with E-state index in [1.807, 2.05) is 17.9 Å². The first-order chi connectivity index (χ1) is 7.45. The van der Waals surface area contributed by atoms with Gasteiger partial charge in [-0.3, -0.25) is 9.69 Å². The minimum atomic E-state index is 0.162. The van der Waals surface area contributed by atoms with Gasteiger partial charge in [-0.1, -0.05) is 13.0 Å². The first-order valence-corrected chi connectivity index (χ1v) is 6.15. The zero-order valence-corrected chi connectivity index (χ0v) is 11.0. The molecule has 1 saturated heterocycles. The molecule has 1 amide bonds. The summed E-state index contributed by atoms with van der Waals surface area (Å²) in [4.78, 5) is 16.1. The molecule has 0 radical (unpaired) electrons. The summed E-state index contributed by atoms with van der Waals surface area (Å²) in [6.07, 6.45) is 4.55. The molecular formula is C13H24N2O. The van der Waals surface area contributed by atoms with Crippen LogP contribution in [0.25, 0.3) is 0 Å². The third-order valence-electron chi connectivity index (χ3n) is 3.04. The van der Waals surface area contributed by atoms with Crippen LogP contribution in [0.15, 0.2) is 12.2 Å². The van der Waals surface area contributed by atoms with E-state index in [1.54, 1.807) is 6.08 Å². The molecule has 3 heteroatoms. The van der Waals surface area contributed by atoms with Gasteiger partial charge in [0.25, 0.3) is 0 Å². The van der Waals surface area contributed by atoms with E-state index in [4.69, 9.17) is 0 Å². The molecule has 1 aliphatic rings. The Bertz CT molecular complexity index is 258. The molecule has 0 unspecified atom stereocenters. The lowest BCUT2D eigenvalue weighted by Crippen LogP contribution is -2.54. The van der Waals surface area contributed by atoms with Gasteiger partial charge in [0.1, 0.15) is 0 Å². The average molecular weight is 224 g/mol. The van der Waals surface area contributed by atoms with Gasteiger partial charge in [0, 0.05) is 31.7 Å². The average Bonchev–Trinajstić information content (AvgIpc) is 2.25. The van der Waals surface area contributed by atoms with Crippen LogP contribution in [-0.2, 0) is 4.79 Å². The van der Waals surface area contributed by atoms with Gasteiger partial charge in [-0.2, -0.15) is 0 Å². The lowest BCUT2D eigenvalue weighted by molar-refractivity contribution is -0.128. The van der Waals surface area contributed by atoms with Crippen LogP contribution in [0.1, 0.15) is 34.1 Å². The van der Waals surface area contributed by atoms with Crippen LogP contribution in [0.2, 0.25) is 0 Å². The Morgan fingerprint density at radius 1 is 1.19 bits per heavy atom. The number of allylic oxidation sites excluding steroid dienone is 1. The smallest absolute Gasteiger partial charge is 0.246 e. The topological polar surface area (TPSA) is 23.6 Å². The lowest BCUT2D eigenvalue weighted by atomic mass is 10.0. The van der Waals surface area contributed by atoms with Crippen molar-refractivity contribution in [3.8, 4) is 0 Å². The zero-order valence-electron chi connectivity index (χ0n) is 11.0. The van der Waals surface area contributed by atoms with Crippen molar-refractivity contribution in [2.24, 2.45) is 0 Å². The van der Waals surface area contributed by atoms with Crippen LogP contribution in [0, 0.1) is 0 Å². The van der Waals surface area contributed by atoms with Gasteiger partial charge >= 0.3 is 0 Å². The van der Waals surface area contributed by atoms with E-state index in [0.29, 0.717) is 0 Å². The van der Waals surface area contributed by atoms with Crippen LogP contribution in [0.4, 0.5) is 0 Å². The maximum Gasteiger partial charge on any atom is 0.246 e. The monoisotopic (exact) mass is 224 g/mol. The molecule has 1 rings (SSSR count). The Kier molecular flexibility index (Phi) is 4.54. The number of carbonyl (C=O) groups is 1. The number of nitrogens with zero attached hydrogens (tertiary/aromatic N) is 2. The molecule has 0 N–H and O–H groups in total. The van der Waals surface area contributed by atoms with Crippen molar-refractivity contribution in [3.63, 3.8) is 0 Å². The second-order valence-corrected chi connectivity index (χ2v) is 5.29. The molecule has 1 aliphatic heterocycles. The highest BCUT2D eigenvalue weighted by atomic mass is 16.2. The third kappa shape index (κ3) is 3.63. The normalized spacial score (nSPS) is 19.4. The highest BCUT2D eigenvalue weighted by Gasteiger charge is 2.26. The van der Waals surface area contributed by atoms with Crippen LogP contribution < -0.4 is 0 Å². The number of hydrogen-bond acceptors (Lipinski definition) is 2. The Labute approximate surface area is 99.1 Å². The summed E-state index contributed by atoms with van der Waals surface area (Å²) in [5.41, 5.74) is 0.217. The molecule has 16 heavy (non-hydrogen) atoms. The molecule has 1 fully saturated rings. The number of amides is 1. The van der Waals surface area contributed by atoms with Crippen LogP contribution in [0.3, 0.4) is 0 Å². The van der Waals surface area contributed by atoms with Crippen LogP contribution in [-0.4, -0.2) is 47.4 Å². The molecule has 92 valence electrons. The second kappa shape index (κ2) is 5.48. The highest BCUT2D eigenvalue weighted by Crippen LogP contribution is 2.15. The number of rotatable bonds is 2. The molecular weight excluding hydrogens is 200 g/mol. The first kappa shape index (κ1) is 13.2. The van der Waals surface area contributed by atoms with Crippen molar-refractivity contribution in [2.75, 3.05) is 26.2 Å². The van der Waals surface area contributed by atoms with Crippen molar-refractivity contribution >= 4 is 5.91 Å². The highest BCUT2D eigenvalue weighted by molar-refractivity contribution is 5.87. The van der Waals surface area contributed by atoms with Gasteiger partial charge in [0.2, 0.25) is 5.91 Å². The van der Waals surface area contributed by atoms with Gasteiger partial charge in [0.15, 0.2) is 0 Å². The van der Waals surface area contributed by atoms with E-state index in [2.05, 4.69) is 25.7 Å². The molecule has 1 heterocycles. The van der Waals surface area contributed by atoms with Gasteiger partial charge < -0.3 is 4.90 Å². The second-order valence-electron chi connectivity index (χ2n) is 5.29. The Hall–Kier alpha value is -0.830. The van der Waals surface area contributed by atoms with Crippen LogP contribution >= 0.6 is 0 Å². The molecule has 0 aromatic heterocycles. The lowest BCUT2D eigenvalue weighted by Gasteiger charge is -2.42. The summed E-state index contributed by atoms with van der Waals surface area (Å²) >= 11 is 0. The number of carbonyl (C=O) groups excluding carboxylic acids is 1. The minimum absolute atomic E-state index is 0.162. The Morgan fingerprint density at radius 3 is 2.19 bits per heavy atom. The van der Waals surface area contributed by atoms with Crippen molar-refractivity contribution < 1.29 is 4.79 Å². The molecule has 0 atom stereocenters. The summed E-state index contributed by atoms with van der Waals surface area (Å²) in [5, 5.41) is 0. The fourth-order valence-corrected chi connectivity index (χ4v) is 1.92. The zero-order chi connectivity index (χ0) is 12.2. The number of piperazine rings is 1. The fraction of sp³-hybridized carbons (Fsp3) is 0.769. The summed E-state index contributed by atoms with van der Waals surface area (Å²) in [6.45, 7) is 12.4. The molecule has 0 aromatic carbocycles. The predicted molar refractivity (Wildman–Crippen MR) is 67.3 cm³/mol. The van der Waals surface area contributed by atoms with E-state index in [0.717, 1.165) is 32.6 Å². The van der Waals surface area contributed by atoms with Crippen molar-refractivity contribution in [1.82, 2.24) is 9.80 Å². The van der Waals surface area contributed by atoms with Gasteiger partial charge in [-0.05, 0) is 33.3 Å². The standard InChI is InChI=1S/C13H24N2O/c1-5-6-7-12(16)14-8-10-15(11-9-14)13(2,3)4/h6-7H,5,8-11H2,1-4H3/b7-6+. The minimum Gasteiger partial charge on any atom is -0.337 e. The Balaban J connectivity index is 2.43. The first-order valence-electron chi connectivity index (χ1n) is 6.15. The predicted octanol–water partition coefficient (Wildman–Crippen LogP) is 1.90. The van der Waals surface area contributed by atoms with E-state index in [9.17, 15) is 4.79 Å². The van der Waals surface area contributed by atoms with E-state index in [-0.39, 0.29) is 11.4 Å².